The summed E-state index contributed by atoms with van der Waals surface area (Å²) in [5.74, 6) is 0.776. The first-order valence-electron chi connectivity index (χ1n) is 10.6. The molecule has 0 atom stereocenters. The van der Waals surface area contributed by atoms with E-state index >= 15 is 0 Å². The minimum absolute atomic E-state index is 0.158. The smallest absolute Gasteiger partial charge is 0.434 e. The zero-order chi connectivity index (χ0) is 20.1. The van der Waals surface area contributed by atoms with E-state index in [0.29, 0.717) is 32.3 Å². The van der Waals surface area contributed by atoms with Crippen LogP contribution in [0, 0.1) is 5.92 Å². The van der Waals surface area contributed by atoms with E-state index in [0.717, 1.165) is 18.8 Å². The summed E-state index contributed by atoms with van der Waals surface area (Å²) in [4.78, 5) is 23.2. The van der Waals surface area contributed by atoms with Gasteiger partial charge in [0, 0.05) is 0 Å². The molecule has 0 heterocycles. The summed E-state index contributed by atoms with van der Waals surface area (Å²) in [6, 6.07) is 0. The van der Waals surface area contributed by atoms with Crippen LogP contribution in [0.4, 0.5) is 9.59 Å². The van der Waals surface area contributed by atoms with Crippen molar-refractivity contribution in [2.75, 3.05) is 6.61 Å². The fourth-order valence-corrected chi connectivity index (χ4v) is 3.13. The van der Waals surface area contributed by atoms with Crippen LogP contribution in [0.3, 0.4) is 0 Å². The van der Waals surface area contributed by atoms with E-state index in [-0.39, 0.29) is 18.3 Å². The second kappa shape index (κ2) is 13.7. The summed E-state index contributed by atoms with van der Waals surface area (Å²) in [6.07, 6.45) is 7.93. The Kier molecular flexibility index (Phi) is 11.9. The van der Waals surface area contributed by atoms with Gasteiger partial charge in [-0.3, -0.25) is 0 Å². The maximum absolute atomic E-state index is 11.8. The predicted octanol–water partition coefficient (Wildman–Crippen LogP) is 6.01. The summed E-state index contributed by atoms with van der Waals surface area (Å²) in [6.45, 7) is 8.48. The van der Waals surface area contributed by atoms with Gasteiger partial charge in [0.05, 0.1) is 12.7 Å². The summed E-state index contributed by atoms with van der Waals surface area (Å²) in [5, 5.41) is 0. The second-order valence-corrected chi connectivity index (χ2v) is 8.10. The molecule has 0 bridgehead atoms. The lowest BCUT2D eigenvalue weighted by Crippen LogP contribution is -2.30. The summed E-state index contributed by atoms with van der Waals surface area (Å²) in [7, 11) is 0. The van der Waals surface area contributed by atoms with Gasteiger partial charge in [0.2, 0.25) is 0 Å². The van der Waals surface area contributed by atoms with Gasteiger partial charge in [-0.15, -0.1) is 0 Å². The molecule has 0 saturated heterocycles. The minimum atomic E-state index is -0.627. The number of unbranched alkanes of at least 4 members (excludes halogenated alkanes) is 4. The zero-order valence-corrected chi connectivity index (χ0v) is 17.5. The van der Waals surface area contributed by atoms with Crippen LogP contribution in [0.1, 0.15) is 91.9 Å². The van der Waals surface area contributed by atoms with Crippen molar-refractivity contribution < 1.29 is 28.5 Å². The Morgan fingerprint density at radius 2 is 1.30 bits per heavy atom. The van der Waals surface area contributed by atoms with E-state index in [1.807, 2.05) is 0 Å². The van der Waals surface area contributed by atoms with Crippen LogP contribution in [-0.2, 0) is 18.9 Å². The molecule has 27 heavy (non-hydrogen) atoms. The van der Waals surface area contributed by atoms with Crippen LogP contribution >= 0.6 is 0 Å². The van der Waals surface area contributed by atoms with Crippen LogP contribution in [-0.4, -0.2) is 37.2 Å². The molecule has 1 saturated carbocycles. The van der Waals surface area contributed by atoms with Gasteiger partial charge in [-0.25, -0.2) is 9.59 Å². The average Bonchev–Trinajstić information content (AvgIpc) is 2.58. The van der Waals surface area contributed by atoms with Gasteiger partial charge in [0.15, 0.2) is 0 Å². The lowest BCUT2D eigenvalue weighted by molar-refractivity contribution is -0.0326. The largest absolute Gasteiger partial charge is 0.508 e. The van der Waals surface area contributed by atoms with E-state index < -0.39 is 12.3 Å². The molecule has 6 nitrogen and oxygen atoms in total. The number of ether oxygens (including phenoxy) is 4. The molecule has 0 amide bonds. The highest BCUT2D eigenvalue weighted by Crippen LogP contribution is 2.24. The number of hydrogen-bond acceptors (Lipinski definition) is 6. The molecule has 0 aromatic rings. The maximum atomic E-state index is 11.8. The summed E-state index contributed by atoms with van der Waals surface area (Å²) < 4.78 is 20.7. The lowest BCUT2D eigenvalue weighted by atomic mass is 9.95. The molecule has 0 N–H and O–H groups in total. The Morgan fingerprint density at radius 1 is 0.778 bits per heavy atom. The third-order valence-corrected chi connectivity index (χ3v) is 4.62. The van der Waals surface area contributed by atoms with Gasteiger partial charge < -0.3 is 18.9 Å². The standard InChI is InChI=1S/C21H38O6/c1-16(2)10-8-6-5-7-9-15-24-20(22)26-18-11-13-19(14-12-18)27-21(23)25-17(3)4/h16-19H,5-15H2,1-4H3. The van der Waals surface area contributed by atoms with Gasteiger partial charge in [-0.2, -0.15) is 0 Å². The number of carbonyl (C=O) groups excluding carboxylic acids is 2. The second-order valence-electron chi connectivity index (χ2n) is 8.10. The van der Waals surface area contributed by atoms with Crippen LogP contribution in [0.15, 0.2) is 0 Å². The van der Waals surface area contributed by atoms with Gasteiger partial charge in [0.1, 0.15) is 12.2 Å². The molecule has 1 aliphatic rings. The van der Waals surface area contributed by atoms with E-state index in [4.69, 9.17) is 18.9 Å². The zero-order valence-electron chi connectivity index (χ0n) is 17.5. The van der Waals surface area contributed by atoms with Crippen molar-refractivity contribution in [2.45, 2.75) is 110 Å². The number of carbonyl (C=O) groups is 2. The molecule has 1 aliphatic carbocycles. The Morgan fingerprint density at radius 3 is 1.85 bits per heavy atom. The van der Waals surface area contributed by atoms with E-state index in [2.05, 4.69) is 13.8 Å². The monoisotopic (exact) mass is 386 g/mol. The first kappa shape index (κ1) is 23.6. The molecular weight excluding hydrogens is 348 g/mol. The molecule has 1 fully saturated rings. The molecular formula is C21H38O6. The summed E-state index contributed by atoms with van der Waals surface area (Å²) in [5.41, 5.74) is 0. The van der Waals surface area contributed by atoms with Gasteiger partial charge in [-0.05, 0) is 51.9 Å². The van der Waals surface area contributed by atoms with E-state index in [1.54, 1.807) is 13.8 Å². The van der Waals surface area contributed by atoms with E-state index in [9.17, 15) is 9.59 Å². The molecule has 1 rings (SSSR count). The summed E-state index contributed by atoms with van der Waals surface area (Å²) >= 11 is 0. The van der Waals surface area contributed by atoms with Crippen LogP contribution in [0.5, 0.6) is 0 Å². The molecule has 0 aromatic carbocycles. The topological polar surface area (TPSA) is 71.1 Å². The fraction of sp³-hybridized carbons (Fsp3) is 0.905. The fourth-order valence-electron chi connectivity index (χ4n) is 3.13. The molecule has 6 heteroatoms. The first-order chi connectivity index (χ1) is 12.9. The molecule has 158 valence electrons. The van der Waals surface area contributed by atoms with Crippen molar-refractivity contribution in [2.24, 2.45) is 5.92 Å². The van der Waals surface area contributed by atoms with Crippen molar-refractivity contribution in [3.05, 3.63) is 0 Å². The highest BCUT2D eigenvalue weighted by molar-refractivity contribution is 5.60. The molecule has 0 aromatic heterocycles. The average molecular weight is 387 g/mol. The predicted molar refractivity (Wildman–Crippen MR) is 104 cm³/mol. The Bertz CT molecular complexity index is 413. The Labute approximate surface area is 164 Å². The van der Waals surface area contributed by atoms with Gasteiger partial charge >= 0.3 is 12.3 Å². The Balaban J connectivity index is 2.01. The van der Waals surface area contributed by atoms with Crippen molar-refractivity contribution >= 4 is 12.3 Å². The molecule has 0 radical (unpaired) electrons. The molecule has 0 unspecified atom stereocenters. The van der Waals surface area contributed by atoms with Crippen molar-refractivity contribution in [1.82, 2.24) is 0 Å². The van der Waals surface area contributed by atoms with Crippen LogP contribution in [0.2, 0.25) is 0 Å². The lowest BCUT2D eigenvalue weighted by Gasteiger charge is -2.27. The van der Waals surface area contributed by atoms with Crippen molar-refractivity contribution in [3.63, 3.8) is 0 Å². The normalized spacial score (nSPS) is 19.8. The van der Waals surface area contributed by atoms with Crippen molar-refractivity contribution in [1.29, 1.82) is 0 Å². The SMILES string of the molecule is CC(C)CCCCCCCOC(=O)OC1CCC(OC(=O)OC(C)C)CC1. The third kappa shape index (κ3) is 12.5. The number of hydrogen-bond donors (Lipinski definition) is 0. The Hall–Kier alpha value is -1.46. The quantitative estimate of drug-likeness (QED) is 0.320. The van der Waals surface area contributed by atoms with Crippen LogP contribution < -0.4 is 0 Å². The van der Waals surface area contributed by atoms with Gasteiger partial charge in [0.25, 0.3) is 0 Å². The van der Waals surface area contributed by atoms with E-state index in [1.165, 1.54) is 25.7 Å². The highest BCUT2D eigenvalue weighted by atomic mass is 16.7. The van der Waals surface area contributed by atoms with Crippen LogP contribution in [0.25, 0.3) is 0 Å². The molecule has 0 spiro atoms. The molecule has 0 aliphatic heterocycles. The first-order valence-corrected chi connectivity index (χ1v) is 10.6. The number of rotatable bonds is 11. The maximum Gasteiger partial charge on any atom is 0.508 e. The third-order valence-electron chi connectivity index (χ3n) is 4.62. The highest BCUT2D eigenvalue weighted by Gasteiger charge is 2.27. The minimum Gasteiger partial charge on any atom is -0.434 e. The van der Waals surface area contributed by atoms with Crippen molar-refractivity contribution in [3.8, 4) is 0 Å². The van der Waals surface area contributed by atoms with Gasteiger partial charge in [-0.1, -0.05) is 46.0 Å².